The zero-order valence-electron chi connectivity index (χ0n) is 9.70. The van der Waals surface area contributed by atoms with Gasteiger partial charge in [-0.2, -0.15) is 0 Å². The van der Waals surface area contributed by atoms with Crippen molar-refractivity contribution >= 4 is 18.2 Å². The van der Waals surface area contributed by atoms with E-state index in [1.807, 2.05) is 0 Å². The van der Waals surface area contributed by atoms with E-state index in [0.717, 1.165) is 0 Å². The van der Waals surface area contributed by atoms with Crippen molar-refractivity contribution < 1.29 is 0 Å². The van der Waals surface area contributed by atoms with E-state index in [4.69, 9.17) is 0 Å². The third-order valence-corrected chi connectivity index (χ3v) is 3.29. The molecular formula is C15H14B. The van der Waals surface area contributed by atoms with Crippen molar-refractivity contribution in [3.8, 4) is 11.1 Å². The minimum atomic E-state index is 0.578. The molecule has 0 aromatic heterocycles. The van der Waals surface area contributed by atoms with Crippen LogP contribution in [0.1, 0.15) is 25.3 Å². The highest BCUT2D eigenvalue weighted by molar-refractivity contribution is 6.73. The molecule has 16 heavy (non-hydrogen) atoms. The van der Waals surface area contributed by atoms with Crippen LogP contribution >= 0.6 is 0 Å². The Balaban J connectivity index is 2.29. The van der Waals surface area contributed by atoms with Gasteiger partial charge < -0.3 is 0 Å². The molecule has 0 bridgehead atoms. The van der Waals surface area contributed by atoms with Gasteiger partial charge in [0.25, 0.3) is 0 Å². The minimum Gasteiger partial charge on any atom is -0.0737 e. The Morgan fingerprint density at radius 3 is 2.44 bits per heavy atom. The molecule has 77 valence electrons. The first-order valence-electron chi connectivity index (χ1n) is 5.84. The van der Waals surface area contributed by atoms with Gasteiger partial charge >= 0.3 is 0 Å². The van der Waals surface area contributed by atoms with E-state index >= 15 is 0 Å². The van der Waals surface area contributed by atoms with Gasteiger partial charge in [-0.15, -0.1) is 0 Å². The maximum absolute atomic E-state index is 2.29. The van der Waals surface area contributed by atoms with E-state index in [9.17, 15) is 0 Å². The van der Waals surface area contributed by atoms with Gasteiger partial charge in [0, 0.05) is 0 Å². The monoisotopic (exact) mass is 205 g/mol. The van der Waals surface area contributed by atoms with Gasteiger partial charge in [0.1, 0.15) is 0 Å². The summed E-state index contributed by atoms with van der Waals surface area (Å²) in [5, 5.41) is 0. The SMILES string of the molecule is CC(C)c1cccc2c1-c1ccccc1[B]2. The summed E-state index contributed by atoms with van der Waals surface area (Å²) in [5.74, 6) is 0.578. The van der Waals surface area contributed by atoms with Crippen LogP contribution in [0.4, 0.5) is 0 Å². The first kappa shape index (κ1) is 9.71. The normalized spacial score (nSPS) is 12.2. The second-order valence-electron chi connectivity index (χ2n) is 4.70. The van der Waals surface area contributed by atoms with Crippen molar-refractivity contribution in [2.45, 2.75) is 19.8 Å². The Bertz CT molecular complexity index is 541. The zero-order valence-corrected chi connectivity index (χ0v) is 9.70. The molecule has 1 aliphatic heterocycles. The van der Waals surface area contributed by atoms with E-state index in [2.05, 4.69) is 63.6 Å². The number of rotatable bonds is 1. The highest BCUT2D eigenvalue weighted by atomic mass is 14.2. The van der Waals surface area contributed by atoms with Gasteiger partial charge in [-0.05, 0) is 22.6 Å². The van der Waals surface area contributed by atoms with Gasteiger partial charge in [-0.25, -0.2) is 0 Å². The van der Waals surface area contributed by atoms with Crippen LogP contribution in [0.25, 0.3) is 11.1 Å². The predicted molar refractivity (Wildman–Crippen MR) is 71.0 cm³/mol. The van der Waals surface area contributed by atoms with Gasteiger partial charge in [-0.1, -0.05) is 67.2 Å². The van der Waals surface area contributed by atoms with E-state index in [1.54, 1.807) is 0 Å². The lowest BCUT2D eigenvalue weighted by molar-refractivity contribution is 0.870. The number of hydrogen-bond donors (Lipinski definition) is 0. The smallest absolute Gasteiger partial charge is 0.0737 e. The molecule has 0 saturated heterocycles. The third-order valence-electron chi connectivity index (χ3n) is 3.29. The van der Waals surface area contributed by atoms with Crippen LogP contribution < -0.4 is 10.9 Å². The van der Waals surface area contributed by atoms with Gasteiger partial charge in [0.05, 0.1) is 0 Å². The molecule has 0 saturated carbocycles. The van der Waals surface area contributed by atoms with E-state index in [1.165, 1.54) is 27.6 Å². The quantitative estimate of drug-likeness (QED) is 0.535. The molecule has 0 amide bonds. The molecule has 1 heteroatoms. The molecule has 1 aliphatic rings. The fraction of sp³-hybridized carbons (Fsp3) is 0.200. The molecule has 1 heterocycles. The highest BCUT2D eigenvalue weighted by Gasteiger charge is 2.22. The summed E-state index contributed by atoms with van der Waals surface area (Å²) in [7, 11) is 2.29. The Hall–Kier alpha value is -1.50. The van der Waals surface area contributed by atoms with Gasteiger partial charge in [0.2, 0.25) is 0 Å². The molecular weight excluding hydrogens is 191 g/mol. The number of benzene rings is 2. The van der Waals surface area contributed by atoms with Gasteiger partial charge in [-0.3, -0.25) is 0 Å². The Morgan fingerprint density at radius 2 is 1.62 bits per heavy atom. The summed E-state index contributed by atoms with van der Waals surface area (Å²) in [6, 6.07) is 15.3. The second kappa shape index (κ2) is 3.52. The topological polar surface area (TPSA) is 0 Å². The van der Waals surface area contributed by atoms with Crippen LogP contribution in [0.5, 0.6) is 0 Å². The summed E-state index contributed by atoms with van der Waals surface area (Å²) >= 11 is 0. The molecule has 0 N–H and O–H groups in total. The highest BCUT2D eigenvalue weighted by Crippen LogP contribution is 2.28. The van der Waals surface area contributed by atoms with Crippen LogP contribution in [0, 0.1) is 0 Å². The van der Waals surface area contributed by atoms with Crippen LogP contribution in [0.3, 0.4) is 0 Å². The van der Waals surface area contributed by atoms with E-state index in [0.29, 0.717) is 5.92 Å². The number of hydrogen-bond acceptors (Lipinski definition) is 0. The van der Waals surface area contributed by atoms with Crippen LogP contribution in [0.2, 0.25) is 0 Å². The third kappa shape index (κ3) is 1.31. The molecule has 0 spiro atoms. The van der Waals surface area contributed by atoms with E-state index < -0.39 is 0 Å². The van der Waals surface area contributed by atoms with Gasteiger partial charge in [0.15, 0.2) is 7.28 Å². The van der Waals surface area contributed by atoms with Crippen molar-refractivity contribution in [3.05, 3.63) is 48.0 Å². The predicted octanol–water partition coefficient (Wildman–Crippen LogP) is 2.45. The molecule has 2 aromatic carbocycles. The lowest BCUT2D eigenvalue weighted by Gasteiger charge is -2.13. The first-order chi connectivity index (χ1) is 7.77. The largest absolute Gasteiger partial charge is 0.193 e. The molecule has 2 aromatic rings. The summed E-state index contributed by atoms with van der Waals surface area (Å²) < 4.78 is 0. The fourth-order valence-corrected chi connectivity index (χ4v) is 2.52. The molecule has 0 fully saturated rings. The van der Waals surface area contributed by atoms with Crippen molar-refractivity contribution in [1.82, 2.24) is 0 Å². The summed E-state index contributed by atoms with van der Waals surface area (Å²) in [4.78, 5) is 0. The lowest BCUT2D eigenvalue weighted by atomic mass is 9.68. The molecule has 0 aliphatic carbocycles. The van der Waals surface area contributed by atoms with Crippen LogP contribution in [-0.4, -0.2) is 7.28 Å². The maximum Gasteiger partial charge on any atom is 0.193 e. The molecule has 0 atom stereocenters. The number of fused-ring (bicyclic) bond motifs is 3. The second-order valence-corrected chi connectivity index (χ2v) is 4.70. The molecule has 0 nitrogen and oxygen atoms in total. The Morgan fingerprint density at radius 1 is 0.875 bits per heavy atom. The van der Waals surface area contributed by atoms with Crippen LogP contribution in [0.15, 0.2) is 42.5 Å². The zero-order chi connectivity index (χ0) is 11.1. The fourth-order valence-electron chi connectivity index (χ4n) is 2.52. The average molecular weight is 205 g/mol. The van der Waals surface area contributed by atoms with Crippen molar-refractivity contribution in [2.75, 3.05) is 0 Å². The molecule has 1 radical (unpaired) electrons. The average Bonchev–Trinajstić information content (AvgIpc) is 2.66. The molecule has 3 rings (SSSR count). The van der Waals surface area contributed by atoms with Crippen molar-refractivity contribution in [1.29, 1.82) is 0 Å². The van der Waals surface area contributed by atoms with Crippen molar-refractivity contribution in [3.63, 3.8) is 0 Å². The van der Waals surface area contributed by atoms with Crippen molar-refractivity contribution in [2.24, 2.45) is 0 Å². The maximum atomic E-state index is 2.29. The molecule has 0 unspecified atom stereocenters. The summed E-state index contributed by atoms with van der Waals surface area (Å²) in [6.07, 6.45) is 0. The summed E-state index contributed by atoms with van der Waals surface area (Å²) in [6.45, 7) is 4.52. The Kier molecular flexibility index (Phi) is 2.13. The lowest BCUT2D eigenvalue weighted by Crippen LogP contribution is -2.20. The van der Waals surface area contributed by atoms with E-state index in [-0.39, 0.29) is 0 Å². The Labute approximate surface area is 97.6 Å². The minimum absolute atomic E-state index is 0.578. The first-order valence-corrected chi connectivity index (χ1v) is 5.84. The standard InChI is InChI=1S/C15H14B/c1-10(2)11-7-5-9-14-15(11)12-6-3-4-8-13(12)16-14/h3-10H,1-2H3. The summed E-state index contributed by atoms with van der Waals surface area (Å²) in [5.41, 5.74) is 7.01. The van der Waals surface area contributed by atoms with Crippen LogP contribution in [-0.2, 0) is 0 Å².